The van der Waals surface area contributed by atoms with E-state index in [4.69, 9.17) is 4.74 Å². The van der Waals surface area contributed by atoms with E-state index in [-0.39, 0.29) is 5.41 Å². The molecule has 0 unspecified atom stereocenters. The SMILES string of the molecule is CC(C)OCCNCc1ccc(C(C)(C)C)s1. The van der Waals surface area contributed by atoms with Crippen molar-refractivity contribution in [1.82, 2.24) is 5.32 Å². The highest BCUT2D eigenvalue weighted by atomic mass is 32.1. The average molecular weight is 255 g/mol. The summed E-state index contributed by atoms with van der Waals surface area (Å²) in [5, 5.41) is 3.41. The van der Waals surface area contributed by atoms with E-state index >= 15 is 0 Å². The third kappa shape index (κ3) is 5.66. The van der Waals surface area contributed by atoms with Crippen molar-refractivity contribution in [1.29, 1.82) is 0 Å². The summed E-state index contributed by atoms with van der Waals surface area (Å²) in [6, 6.07) is 4.47. The lowest BCUT2D eigenvalue weighted by Gasteiger charge is -2.15. The third-order valence-electron chi connectivity index (χ3n) is 2.43. The molecular formula is C14H25NOS. The van der Waals surface area contributed by atoms with Gasteiger partial charge in [-0.2, -0.15) is 0 Å². The van der Waals surface area contributed by atoms with Gasteiger partial charge in [0.05, 0.1) is 12.7 Å². The molecule has 1 aromatic heterocycles. The van der Waals surface area contributed by atoms with Gasteiger partial charge in [0.2, 0.25) is 0 Å². The summed E-state index contributed by atoms with van der Waals surface area (Å²) in [5.74, 6) is 0. The predicted octanol–water partition coefficient (Wildman–Crippen LogP) is 3.56. The van der Waals surface area contributed by atoms with Crippen LogP contribution in [0.2, 0.25) is 0 Å². The van der Waals surface area contributed by atoms with Crippen LogP contribution in [0.3, 0.4) is 0 Å². The van der Waals surface area contributed by atoms with Gasteiger partial charge in [-0.1, -0.05) is 20.8 Å². The molecule has 0 atom stereocenters. The second kappa shape index (κ2) is 6.53. The van der Waals surface area contributed by atoms with E-state index in [9.17, 15) is 0 Å². The van der Waals surface area contributed by atoms with E-state index in [1.54, 1.807) is 0 Å². The van der Waals surface area contributed by atoms with Crippen molar-refractivity contribution in [2.45, 2.75) is 52.7 Å². The highest BCUT2D eigenvalue weighted by Crippen LogP contribution is 2.29. The fourth-order valence-corrected chi connectivity index (χ4v) is 2.49. The topological polar surface area (TPSA) is 21.3 Å². The van der Waals surface area contributed by atoms with Crippen LogP contribution in [0.4, 0.5) is 0 Å². The summed E-state index contributed by atoms with van der Waals surface area (Å²) in [5.41, 5.74) is 0.268. The number of rotatable bonds is 6. The molecule has 0 saturated carbocycles. The maximum atomic E-state index is 5.48. The van der Waals surface area contributed by atoms with Gasteiger partial charge in [-0.3, -0.25) is 0 Å². The van der Waals surface area contributed by atoms with E-state index < -0.39 is 0 Å². The first kappa shape index (κ1) is 14.7. The van der Waals surface area contributed by atoms with Gasteiger partial charge in [0, 0.05) is 22.8 Å². The standard InChI is InChI=1S/C14H25NOS/c1-11(2)16-9-8-15-10-12-6-7-13(17-12)14(3,4)5/h6-7,11,15H,8-10H2,1-5H3. The fourth-order valence-electron chi connectivity index (χ4n) is 1.45. The first-order valence-corrected chi connectivity index (χ1v) is 7.13. The Balaban J connectivity index is 2.26. The lowest BCUT2D eigenvalue weighted by atomic mass is 9.95. The summed E-state index contributed by atoms with van der Waals surface area (Å²) >= 11 is 1.90. The molecule has 1 rings (SSSR count). The molecule has 0 spiro atoms. The molecule has 98 valence electrons. The third-order valence-corrected chi connectivity index (χ3v) is 3.94. The zero-order valence-corrected chi connectivity index (χ0v) is 12.5. The second-order valence-corrected chi connectivity index (χ2v) is 6.78. The molecule has 0 aliphatic rings. The van der Waals surface area contributed by atoms with Crippen LogP contribution in [0.5, 0.6) is 0 Å². The number of nitrogens with one attached hydrogen (secondary N) is 1. The maximum Gasteiger partial charge on any atom is 0.0594 e. The van der Waals surface area contributed by atoms with Crippen molar-refractivity contribution < 1.29 is 4.74 Å². The van der Waals surface area contributed by atoms with Crippen LogP contribution >= 0.6 is 11.3 Å². The van der Waals surface area contributed by atoms with Gasteiger partial charge < -0.3 is 10.1 Å². The largest absolute Gasteiger partial charge is 0.377 e. The zero-order valence-electron chi connectivity index (χ0n) is 11.7. The molecule has 2 nitrogen and oxygen atoms in total. The lowest BCUT2D eigenvalue weighted by Crippen LogP contribution is -2.20. The minimum atomic E-state index is 0.268. The van der Waals surface area contributed by atoms with Crippen molar-refractivity contribution in [2.75, 3.05) is 13.2 Å². The number of ether oxygens (including phenoxy) is 1. The molecule has 0 radical (unpaired) electrons. The Labute approximate surface area is 109 Å². The summed E-state index contributed by atoms with van der Waals surface area (Å²) in [6.07, 6.45) is 0.325. The van der Waals surface area contributed by atoms with E-state index in [1.807, 2.05) is 11.3 Å². The monoisotopic (exact) mass is 255 g/mol. The Hall–Kier alpha value is -0.380. The molecule has 0 aliphatic heterocycles. The normalized spacial score (nSPS) is 12.4. The van der Waals surface area contributed by atoms with E-state index in [0.29, 0.717) is 6.10 Å². The molecule has 0 aliphatic carbocycles. The van der Waals surface area contributed by atoms with Crippen LogP contribution in [0.1, 0.15) is 44.4 Å². The Kier molecular flexibility index (Phi) is 5.63. The summed E-state index contributed by atoms with van der Waals surface area (Å²) in [6.45, 7) is 13.5. The second-order valence-electron chi connectivity index (χ2n) is 5.61. The van der Waals surface area contributed by atoms with Gasteiger partial charge in [-0.15, -0.1) is 11.3 Å². The molecule has 0 aromatic carbocycles. The molecule has 1 heterocycles. The van der Waals surface area contributed by atoms with Crippen LogP contribution in [-0.4, -0.2) is 19.3 Å². The smallest absolute Gasteiger partial charge is 0.0594 e. The number of hydrogen-bond acceptors (Lipinski definition) is 3. The summed E-state index contributed by atoms with van der Waals surface area (Å²) in [4.78, 5) is 2.85. The first-order chi connectivity index (χ1) is 7.89. The average Bonchev–Trinajstić information content (AvgIpc) is 2.64. The van der Waals surface area contributed by atoms with Crippen LogP contribution in [0.15, 0.2) is 12.1 Å². The Bertz CT molecular complexity index is 325. The van der Waals surface area contributed by atoms with Gasteiger partial charge in [0.1, 0.15) is 0 Å². The molecule has 0 amide bonds. The zero-order chi connectivity index (χ0) is 12.9. The first-order valence-electron chi connectivity index (χ1n) is 6.31. The summed E-state index contributed by atoms with van der Waals surface area (Å²) in [7, 11) is 0. The predicted molar refractivity (Wildman–Crippen MR) is 75.8 cm³/mol. The Morgan fingerprint density at radius 3 is 2.53 bits per heavy atom. The van der Waals surface area contributed by atoms with E-state index in [2.05, 4.69) is 52.1 Å². The maximum absolute atomic E-state index is 5.48. The van der Waals surface area contributed by atoms with Crippen molar-refractivity contribution in [3.05, 3.63) is 21.9 Å². The lowest BCUT2D eigenvalue weighted by molar-refractivity contribution is 0.0807. The molecule has 1 aromatic rings. The van der Waals surface area contributed by atoms with Gasteiger partial charge in [0.25, 0.3) is 0 Å². The highest BCUT2D eigenvalue weighted by Gasteiger charge is 2.15. The van der Waals surface area contributed by atoms with Crippen molar-refractivity contribution >= 4 is 11.3 Å². The molecule has 3 heteroatoms. The van der Waals surface area contributed by atoms with Crippen LogP contribution < -0.4 is 5.32 Å². The quantitative estimate of drug-likeness (QED) is 0.785. The Morgan fingerprint density at radius 2 is 2.00 bits per heavy atom. The Morgan fingerprint density at radius 1 is 1.29 bits per heavy atom. The van der Waals surface area contributed by atoms with Crippen molar-refractivity contribution in [2.24, 2.45) is 0 Å². The fraction of sp³-hybridized carbons (Fsp3) is 0.714. The molecule has 1 N–H and O–H groups in total. The summed E-state index contributed by atoms with van der Waals surface area (Å²) < 4.78 is 5.48. The minimum absolute atomic E-state index is 0.268. The van der Waals surface area contributed by atoms with Gasteiger partial charge >= 0.3 is 0 Å². The van der Waals surface area contributed by atoms with Gasteiger partial charge in [0.15, 0.2) is 0 Å². The number of thiophene rings is 1. The molecule has 0 fully saturated rings. The van der Waals surface area contributed by atoms with Crippen LogP contribution in [0, 0.1) is 0 Å². The van der Waals surface area contributed by atoms with Crippen LogP contribution in [0.25, 0.3) is 0 Å². The molecule has 0 saturated heterocycles. The number of hydrogen-bond donors (Lipinski definition) is 1. The molecular weight excluding hydrogens is 230 g/mol. The molecule has 0 bridgehead atoms. The minimum Gasteiger partial charge on any atom is -0.377 e. The van der Waals surface area contributed by atoms with E-state index in [1.165, 1.54) is 9.75 Å². The highest BCUT2D eigenvalue weighted by molar-refractivity contribution is 7.12. The van der Waals surface area contributed by atoms with Crippen molar-refractivity contribution in [3.63, 3.8) is 0 Å². The molecule has 17 heavy (non-hydrogen) atoms. The van der Waals surface area contributed by atoms with E-state index in [0.717, 1.165) is 19.7 Å². The van der Waals surface area contributed by atoms with Gasteiger partial charge in [-0.05, 0) is 31.4 Å². The van der Waals surface area contributed by atoms with Gasteiger partial charge in [-0.25, -0.2) is 0 Å². The van der Waals surface area contributed by atoms with Crippen molar-refractivity contribution in [3.8, 4) is 0 Å². The van der Waals surface area contributed by atoms with Crippen LogP contribution in [-0.2, 0) is 16.7 Å².